The number of aliphatic hydroxyl groups excluding tert-OH is 1. The van der Waals surface area contributed by atoms with Crippen LogP contribution in [0.5, 0.6) is 0 Å². The number of nitrogens with zero attached hydrogens (tertiary/aromatic N) is 1. The monoisotopic (exact) mass is 1010 g/mol. The van der Waals surface area contributed by atoms with Crippen molar-refractivity contribution in [3.63, 3.8) is 0 Å². The summed E-state index contributed by atoms with van der Waals surface area (Å²) in [5.74, 6) is -0.185. The topological polar surface area (TPSA) is 105 Å². The van der Waals surface area contributed by atoms with Gasteiger partial charge < -0.3 is 19.8 Å². The molecule has 0 rings (SSSR count). The summed E-state index contributed by atoms with van der Waals surface area (Å²) in [5.41, 5.74) is 0. The number of aliphatic hydroxyl groups is 1. The summed E-state index contributed by atoms with van der Waals surface area (Å²) in [7, 11) is 1.56. The molecule has 0 aliphatic heterocycles. The first-order chi connectivity index (χ1) is 34.0. The van der Waals surface area contributed by atoms with Crippen molar-refractivity contribution < 1.29 is 32.9 Å². The predicted octanol–water partition coefficient (Wildman–Crippen LogP) is 18.3. The second-order valence-electron chi connectivity index (χ2n) is 21.7. The van der Waals surface area contributed by atoms with Crippen LogP contribution in [0.3, 0.4) is 0 Å². The Morgan fingerprint density at radius 2 is 0.829 bits per heavy atom. The third-order valence-corrected chi connectivity index (χ3v) is 14.5. The zero-order chi connectivity index (χ0) is 51.3. The number of hydrogen-bond donors (Lipinski definition) is 3. The minimum Gasteiger partial charge on any atom is -0.387 e. The highest BCUT2D eigenvalue weighted by Gasteiger charge is 2.27. The van der Waals surface area contributed by atoms with Gasteiger partial charge in [-0.05, 0) is 64.2 Å². The van der Waals surface area contributed by atoms with Crippen LogP contribution in [0.2, 0.25) is 0 Å². The van der Waals surface area contributed by atoms with Gasteiger partial charge in [-0.3, -0.25) is 13.8 Å². The lowest BCUT2D eigenvalue weighted by Gasteiger charge is -2.25. The molecule has 0 saturated carbocycles. The number of likely N-dealkylation sites (N-methyl/N-ethyl adjacent to an activating group) is 1. The Balaban J connectivity index is 3.99. The van der Waals surface area contributed by atoms with Crippen molar-refractivity contribution in [1.82, 2.24) is 5.32 Å². The molecular formula is C61H118N2O6P+. The first-order valence-electron chi connectivity index (χ1n) is 30.0. The number of quaternary nitrogens is 1. The fraction of sp³-hybridized carbons (Fsp3) is 0.852. The quantitative estimate of drug-likeness (QED) is 0.0243. The van der Waals surface area contributed by atoms with Crippen molar-refractivity contribution in [2.24, 2.45) is 0 Å². The Morgan fingerprint density at radius 3 is 1.23 bits per heavy atom. The maximum absolute atomic E-state index is 13.0. The van der Waals surface area contributed by atoms with Crippen LogP contribution < -0.4 is 5.32 Å². The predicted molar refractivity (Wildman–Crippen MR) is 304 cm³/mol. The summed E-state index contributed by atoms with van der Waals surface area (Å²) >= 11 is 0. The smallest absolute Gasteiger partial charge is 0.387 e. The van der Waals surface area contributed by atoms with Crippen LogP contribution >= 0.6 is 7.82 Å². The van der Waals surface area contributed by atoms with Gasteiger partial charge in [0, 0.05) is 6.42 Å². The molecule has 3 unspecified atom stereocenters. The van der Waals surface area contributed by atoms with Gasteiger partial charge in [-0.2, -0.15) is 0 Å². The molecule has 0 heterocycles. The fourth-order valence-corrected chi connectivity index (χ4v) is 9.53. The van der Waals surface area contributed by atoms with Crippen LogP contribution in [0.15, 0.2) is 48.6 Å². The van der Waals surface area contributed by atoms with Gasteiger partial charge in [-0.1, -0.05) is 262 Å². The number of amides is 1. The first kappa shape index (κ1) is 68.5. The van der Waals surface area contributed by atoms with E-state index < -0.39 is 20.0 Å². The molecule has 3 atom stereocenters. The molecule has 0 spiro atoms. The standard InChI is InChI=1S/C61H117N2O6P/c1-6-8-10-12-14-16-18-20-21-22-23-24-25-26-27-28-29-30-31-32-33-34-35-36-37-38-39-40-41-43-45-47-49-51-53-55-61(65)62-59(58-69-70(66,67)68-57-56-63(3,4)5)60(64)54-52-50-48-46-44-42-19-17-15-13-11-9-7-2/h25-26,28-29,44,46,52,54,59-60,64H,6-24,27,30-43,45,47-51,53,55-58H2,1-5H3,(H-,62,65,66,67)/p+1/b26-25-,29-28-,46-44+,54-52+. The number of carbonyl (C=O) groups excluding carboxylic acids is 1. The number of rotatable bonds is 55. The highest BCUT2D eigenvalue weighted by atomic mass is 31.2. The van der Waals surface area contributed by atoms with E-state index >= 15 is 0 Å². The molecule has 0 aliphatic carbocycles. The second kappa shape index (κ2) is 52.3. The molecule has 8 nitrogen and oxygen atoms in total. The number of hydrogen-bond acceptors (Lipinski definition) is 5. The lowest BCUT2D eigenvalue weighted by atomic mass is 10.0. The van der Waals surface area contributed by atoms with Gasteiger partial charge in [0.2, 0.25) is 5.91 Å². The van der Waals surface area contributed by atoms with Crippen molar-refractivity contribution in [3.8, 4) is 0 Å². The molecule has 70 heavy (non-hydrogen) atoms. The Morgan fingerprint density at radius 1 is 0.486 bits per heavy atom. The zero-order valence-electron chi connectivity index (χ0n) is 47.0. The van der Waals surface area contributed by atoms with Gasteiger partial charge in [0.25, 0.3) is 0 Å². The average Bonchev–Trinajstić information content (AvgIpc) is 3.32. The molecule has 1 amide bonds. The number of phosphoric acid groups is 1. The third-order valence-electron chi connectivity index (χ3n) is 13.5. The van der Waals surface area contributed by atoms with Crippen molar-refractivity contribution >= 4 is 13.7 Å². The minimum absolute atomic E-state index is 0.0563. The van der Waals surface area contributed by atoms with Crippen LogP contribution in [-0.4, -0.2) is 73.4 Å². The Hall–Kier alpha value is -1.54. The molecule has 0 aromatic carbocycles. The van der Waals surface area contributed by atoms with Gasteiger partial charge in [0.05, 0.1) is 39.9 Å². The number of allylic oxidation sites excluding steroid dienone is 7. The van der Waals surface area contributed by atoms with Crippen molar-refractivity contribution in [1.29, 1.82) is 0 Å². The van der Waals surface area contributed by atoms with Gasteiger partial charge >= 0.3 is 7.82 Å². The fourth-order valence-electron chi connectivity index (χ4n) is 8.80. The van der Waals surface area contributed by atoms with E-state index in [9.17, 15) is 19.4 Å². The van der Waals surface area contributed by atoms with Crippen molar-refractivity contribution in [2.45, 2.75) is 296 Å². The maximum Gasteiger partial charge on any atom is 0.472 e. The van der Waals surface area contributed by atoms with Crippen LogP contribution in [0.4, 0.5) is 0 Å². The third kappa shape index (κ3) is 54.2. The van der Waals surface area contributed by atoms with E-state index in [2.05, 4.69) is 55.6 Å². The lowest BCUT2D eigenvalue weighted by Crippen LogP contribution is -2.45. The van der Waals surface area contributed by atoms with E-state index in [1.54, 1.807) is 6.08 Å². The molecule has 0 fully saturated rings. The van der Waals surface area contributed by atoms with Crippen molar-refractivity contribution in [2.75, 3.05) is 40.9 Å². The highest BCUT2D eigenvalue weighted by Crippen LogP contribution is 2.43. The second-order valence-corrected chi connectivity index (χ2v) is 23.2. The summed E-state index contributed by atoms with van der Waals surface area (Å²) in [6.45, 7) is 4.80. The summed E-state index contributed by atoms with van der Waals surface area (Å²) in [6, 6.07) is -0.862. The maximum atomic E-state index is 13.0. The number of unbranched alkanes of at least 4 members (excludes halogenated alkanes) is 36. The average molecular weight is 1010 g/mol. The van der Waals surface area contributed by atoms with E-state index in [1.165, 1.54) is 218 Å². The molecule has 0 aromatic heterocycles. The van der Waals surface area contributed by atoms with E-state index in [-0.39, 0.29) is 19.1 Å². The van der Waals surface area contributed by atoms with Crippen LogP contribution in [0.25, 0.3) is 0 Å². The summed E-state index contributed by atoms with van der Waals surface area (Å²) < 4.78 is 23.6. The van der Waals surface area contributed by atoms with E-state index in [4.69, 9.17) is 9.05 Å². The molecule has 0 aliphatic rings. The van der Waals surface area contributed by atoms with Gasteiger partial charge in [0.15, 0.2) is 0 Å². The number of carbonyl (C=O) groups is 1. The summed E-state index contributed by atoms with van der Waals surface area (Å²) in [4.78, 5) is 23.2. The number of nitrogens with one attached hydrogen (secondary N) is 1. The SMILES string of the molecule is CCCCCCCCC/C=C/CC/C=C/C(O)C(COP(=O)(O)OCC[N+](C)(C)C)NC(=O)CCCCCCCCCCCCCCCCCCC/C=C\C/C=C\CCCCCCCCCCCCC. The minimum atomic E-state index is -4.35. The summed E-state index contributed by atoms with van der Waals surface area (Å²) in [6.07, 6.45) is 69.6. The molecule has 0 aromatic rings. The Kier molecular flexibility index (Phi) is 51.2. The van der Waals surface area contributed by atoms with Gasteiger partial charge in [0.1, 0.15) is 13.2 Å². The first-order valence-corrected chi connectivity index (χ1v) is 31.5. The largest absolute Gasteiger partial charge is 0.472 e. The molecule has 0 bridgehead atoms. The Bertz CT molecular complexity index is 1280. The van der Waals surface area contributed by atoms with Gasteiger partial charge in [-0.15, -0.1) is 0 Å². The summed E-state index contributed by atoms with van der Waals surface area (Å²) in [5, 5.41) is 13.9. The molecule has 3 N–H and O–H groups in total. The Labute approximate surface area is 435 Å². The molecule has 0 saturated heterocycles. The van der Waals surface area contributed by atoms with E-state index in [0.29, 0.717) is 17.4 Å². The van der Waals surface area contributed by atoms with E-state index in [1.807, 2.05) is 27.2 Å². The number of phosphoric ester groups is 1. The van der Waals surface area contributed by atoms with Crippen LogP contribution in [0, 0.1) is 0 Å². The van der Waals surface area contributed by atoms with Gasteiger partial charge in [-0.25, -0.2) is 4.57 Å². The van der Waals surface area contributed by atoms with Crippen LogP contribution in [0.1, 0.15) is 284 Å². The van der Waals surface area contributed by atoms with Crippen molar-refractivity contribution in [3.05, 3.63) is 48.6 Å². The van der Waals surface area contributed by atoms with Crippen LogP contribution in [-0.2, 0) is 18.4 Å². The molecular weight excluding hydrogens is 888 g/mol. The van der Waals surface area contributed by atoms with E-state index in [0.717, 1.165) is 44.9 Å². The lowest BCUT2D eigenvalue weighted by molar-refractivity contribution is -0.870. The molecule has 0 radical (unpaired) electrons. The molecule has 412 valence electrons. The zero-order valence-corrected chi connectivity index (χ0v) is 47.9. The molecule has 9 heteroatoms. The normalized spacial score (nSPS) is 14.2. The highest BCUT2D eigenvalue weighted by molar-refractivity contribution is 7.47.